The zero-order valence-electron chi connectivity index (χ0n) is 14.1. The van der Waals surface area contributed by atoms with E-state index in [1.807, 2.05) is 9.80 Å². The van der Waals surface area contributed by atoms with Crippen LogP contribution in [0.2, 0.25) is 0 Å². The van der Waals surface area contributed by atoms with Crippen molar-refractivity contribution < 1.29 is 14.0 Å². The van der Waals surface area contributed by atoms with E-state index in [2.05, 4.69) is 10.1 Å². The van der Waals surface area contributed by atoms with Crippen LogP contribution in [0.1, 0.15) is 30.1 Å². The Labute approximate surface area is 145 Å². The lowest BCUT2D eigenvalue weighted by Gasteiger charge is -2.38. The molecule has 0 saturated carbocycles. The van der Waals surface area contributed by atoms with Gasteiger partial charge in [0.25, 0.3) is 5.91 Å². The smallest absolute Gasteiger partial charge is 0.257 e. The maximum atomic E-state index is 12.6. The van der Waals surface area contributed by atoms with Gasteiger partial charge in [0.2, 0.25) is 5.91 Å². The van der Waals surface area contributed by atoms with Gasteiger partial charge in [-0.1, -0.05) is 0 Å². The molecule has 2 saturated heterocycles. The average molecular weight is 343 g/mol. The van der Waals surface area contributed by atoms with Gasteiger partial charge in [-0.25, -0.2) is 4.98 Å². The third kappa shape index (κ3) is 2.92. The minimum atomic E-state index is 0.00120. The summed E-state index contributed by atoms with van der Waals surface area (Å²) in [7, 11) is 0. The minimum Gasteiger partial charge on any atom is -0.472 e. The molecule has 2 aromatic heterocycles. The highest BCUT2D eigenvalue weighted by molar-refractivity contribution is 5.93. The van der Waals surface area contributed by atoms with Gasteiger partial charge in [0.1, 0.15) is 18.9 Å². The van der Waals surface area contributed by atoms with Gasteiger partial charge >= 0.3 is 0 Å². The lowest BCUT2D eigenvalue weighted by molar-refractivity contribution is -0.132. The van der Waals surface area contributed by atoms with Crippen LogP contribution in [0.25, 0.3) is 0 Å². The molecular formula is C17H21N5O3. The summed E-state index contributed by atoms with van der Waals surface area (Å²) in [5, 5.41) is 4.16. The Morgan fingerprint density at radius 2 is 2.28 bits per heavy atom. The summed E-state index contributed by atoms with van der Waals surface area (Å²) < 4.78 is 6.79. The molecule has 2 fully saturated rings. The summed E-state index contributed by atoms with van der Waals surface area (Å²) in [5.74, 6) is 0.385. The number of likely N-dealkylation sites (tertiary alicyclic amines) is 2. The molecule has 132 valence electrons. The molecule has 8 nitrogen and oxygen atoms in total. The molecule has 25 heavy (non-hydrogen) atoms. The monoisotopic (exact) mass is 343 g/mol. The molecular weight excluding hydrogens is 322 g/mol. The molecule has 4 heterocycles. The van der Waals surface area contributed by atoms with Gasteiger partial charge in [0.15, 0.2) is 0 Å². The van der Waals surface area contributed by atoms with Gasteiger partial charge < -0.3 is 14.2 Å². The molecule has 0 bridgehead atoms. The van der Waals surface area contributed by atoms with Crippen molar-refractivity contribution in [3.8, 4) is 0 Å². The molecule has 0 radical (unpaired) electrons. The molecule has 2 amide bonds. The lowest BCUT2D eigenvalue weighted by atomic mass is 9.91. The predicted molar refractivity (Wildman–Crippen MR) is 87.5 cm³/mol. The van der Waals surface area contributed by atoms with Crippen molar-refractivity contribution in [3.63, 3.8) is 0 Å². The standard InChI is InChI=1S/C17H21N5O3/c1-12(23)22-15(8-21-11-18-10-19-21)6-14-7-20(4-2-16(14)22)17(24)13-3-5-25-9-13/h3,5,9-11,14-16H,2,4,6-8H2,1H3/t14-,15+,16+/m1/s1. The maximum Gasteiger partial charge on any atom is 0.257 e. The van der Waals surface area contributed by atoms with E-state index in [1.54, 1.807) is 24.0 Å². The van der Waals surface area contributed by atoms with Crippen molar-refractivity contribution in [2.45, 2.75) is 38.4 Å². The van der Waals surface area contributed by atoms with Crippen LogP contribution in [0.5, 0.6) is 0 Å². The van der Waals surface area contributed by atoms with E-state index in [9.17, 15) is 9.59 Å². The summed E-state index contributed by atoms with van der Waals surface area (Å²) in [6.07, 6.45) is 7.86. The SMILES string of the molecule is CC(=O)N1[C@H](Cn2cncn2)C[C@@H]2CN(C(=O)c3ccoc3)CC[C@@H]21. The highest BCUT2D eigenvalue weighted by atomic mass is 16.3. The molecule has 0 unspecified atom stereocenters. The molecule has 2 aliphatic heterocycles. The summed E-state index contributed by atoms with van der Waals surface area (Å²) in [4.78, 5) is 32.6. The van der Waals surface area contributed by atoms with Gasteiger partial charge in [0.05, 0.1) is 24.4 Å². The number of fused-ring (bicyclic) bond motifs is 1. The summed E-state index contributed by atoms with van der Waals surface area (Å²) in [6, 6.07) is 1.98. The van der Waals surface area contributed by atoms with E-state index in [4.69, 9.17) is 4.42 Å². The number of carbonyl (C=O) groups excluding carboxylic acids is 2. The summed E-state index contributed by atoms with van der Waals surface area (Å²) in [6.45, 7) is 3.60. The first-order valence-electron chi connectivity index (χ1n) is 8.56. The highest BCUT2D eigenvalue weighted by Crippen LogP contribution is 2.36. The van der Waals surface area contributed by atoms with Crippen molar-refractivity contribution in [2.24, 2.45) is 5.92 Å². The second-order valence-corrected chi connectivity index (χ2v) is 6.81. The van der Waals surface area contributed by atoms with Crippen molar-refractivity contribution in [2.75, 3.05) is 13.1 Å². The number of amides is 2. The van der Waals surface area contributed by atoms with E-state index >= 15 is 0 Å². The zero-order chi connectivity index (χ0) is 17.4. The third-order valence-corrected chi connectivity index (χ3v) is 5.30. The molecule has 3 atom stereocenters. The first-order chi connectivity index (χ1) is 12.1. The Bertz CT molecular complexity index is 742. The summed E-state index contributed by atoms with van der Waals surface area (Å²) >= 11 is 0. The molecule has 0 aromatic carbocycles. The van der Waals surface area contributed by atoms with Crippen LogP contribution in [-0.2, 0) is 11.3 Å². The fourth-order valence-electron chi connectivity index (χ4n) is 4.30. The Morgan fingerprint density at radius 1 is 1.40 bits per heavy atom. The molecule has 0 aliphatic carbocycles. The lowest BCUT2D eigenvalue weighted by Crippen LogP contribution is -2.50. The average Bonchev–Trinajstić information content (AvgIpc) is 3.34. The number of nitrogens with zero attached hydrogens (tertiary/aromatic N) is 5. The van der Waals surface area contributed by atoms with E-state index in [-0.39, 0.29) is 23.9 Å². The van der Waals surface area contributed by atoms with Crippen molar-refractivity contribution in [1.82, 2.24) is 24.6 Å². The summed E-state index contributed by atoms with van der Waals surface area (Å²) in [5.41, 5.74) is 0.582. The number of hydrogen-bond acceptors (Lipinski definition) is 5. The fourth-order valence-corrected chi connectivity index (χ4v) is 4.30. The molecule has 4 rings (SSSR count). The second-order valence-electron chi connectivity index (χ2n) is 6.81. The Kier molecular flexibility index (Phi) is 4.03. The van der Waals surface area contributed by atoms with Crippen molar-refractivity contribution >= 4 is 11.8 Å². The Morgan fingerprint density at radius 3 is 2.96 bits per heavy atom. The number of piperidine rings is 1. The van der Waals surface area contributed by atoms with Crippen LogP contribution < -0.4 is 0 Å². The van der Waals surface area contributed by atoms with E-state index < -0.39 is 0 Å². The Balaban J connectivity index is 1.49. The van der Waals surface area contributed by atoms with Crippen LogP contribution in [0.15, 0.2) is 35.7 Å². The van der Waals surface area contributed by atoms with E-state index in [0.717, 1.165) is 12.8 Å². The molecule has 0 N–H and O–H groups in total. The van der Waals surface area contributed by atoms with Crippen molar-refractivity contribution in [3.05, 3.63) is 36.8 Å². The second kappa shape index (κ2) is 6.34. The molecule has 2 aliphatic rings. The normalized spacial score (nSPS) is 25.9. The molecule has 8 heteroatoms. The van der Waals surface area contributed by atoms with Crippen molar-refractivity contribution in [1.29, 1.82) is 0 Å². The fraction of sp³-hybridized carbons (Fsp3) is 0.529. The molecule has 2 aromatic rings. The van der Waals surface area contributed by atoms with Crippen LogP contribution in [0, 0.1) is 5.92 Å². The first-order valence-corrected chi connectivity index (χ1v) is 8.56. The van der Waals surface area contributed by atoms with Gasteiger partial charge in [-0.2, -0.15) is 5.10 Å². The van der Waals surface area contributed by atoms with Gasteiger partial charge in [-0.15, -0.1) is 0 Å². The van der Waals surface area contributed by atoms with Crippen LogP contribution in [0.4, 0.5) is 0 Å². The Hall–Kier alpha value is -2.64. The predicted octanol–water partition coefficient (Wildman–Crippen LogP) is 1.02. The zero-order valence-corrected chi connectivity index (χ0v) is 14.1. The van der Waals surface area contributed by atoms with Crippen LogP contribution >= 0.6 is 0 Å². The maximum absolute atomic E-state index is 12.6. The number of rotatable bonds is 3. The van der Waals surface area contributed by atoms with Crippen LogP contribution in [0.3, 0.4) is 0 Å². The van der Waals surface area contributed by atoms with Gasteiger partial charge in [-0.3, -0.25) is 14.3 Å². The topological polar surface area (TPSA) is 84.5 Å². The van der Waals surface area contributed by atoms with E-state index in [1.165, 1.54) is 18.9 Å². The minimum absolute atomic E-state index is 0.00120. The van der Waals surface area contributed by atoms with Gasteiger partial charge in [-0.05, 0) is 24.8 Å². The number of carbonyl (C=O) groups is 2. The van der Waals surface area contributed by atoms with Gasteiger partial charge in [0, 0.05) is 26.1 Å². The number of hydrogen-bond donors (Lipinski definition) is 0. The van der Waals surface area contributed by atoms with Crippen LogP contribution in [-0.4, -0.2) is 61.6 Å². The molecule has 0 spiro atoms. The number of aromatic nitrogens is 3. The highest BCUT2D eigenvalue weighted by Gasteiger charge is 2.46. The number of furan rings is 1. The quantitative estimate of drug-likeness (QED) is 0.831. The first kappa shape index (κ1) is 15.9. The third-order valence-electron chi connectivity index (χ3n) is 5.30. The largest absolute Gasteiger partial charge is 0.472 e. The van der Waals surface area contributed by atoms with E-state index in [0.29, 0.717) is 31.1 Å².